The highest BCUT2D eigenvalue weighted by Gasteiger charge is 2.24. The predicted octanol–water partition coefficient (Wildman–Crippen LogP) is 3.62. The van der Waals surface area contributed by atoms with Gasteiger partial charge in [-0.2, -0.15) is 0 Å². The van der Waals surface area contributed by atoms with E-state index in [-0.39, 0.29) is 0 Å². The van der Waals surface area contributed by atoms with Crippen LogP contribution in [0.4, 0.5) is 0 Å². The van der Waals surface area contributed by atoms with E-state index in [4.69, 9.17) is 4.74 Å². The molecule has 0 spiro atoms. The number of nitrogens with one attached hydrogen (secondary N) is 1. The highest BCUT2D eigenvalue weighted by molar-refractivity contribution is 5.80. The molecular weight excluding hydrogens is 372 g/mol. The molecule has 0 aromatic heterocycles. The average Bonchev–Trinajstić information content (AvgIpc) is 3.24. The minimum atomic E-state index is 0.573. The fourth-order valence-electron chi connectivity index (χ4n) is 3.93. The van der Waals surface area contributed by atoms with Crippen molar-refractivity contribution in [3.8, 4) is 0 Å². The van der Waals surface area contributed by atoms with Crippen molar-refractivity contribution in [1.29, 1.82) is 0 Å². The fraction of sp³-hybridized carbons (Fsp3) is 0.480. The van der Waals surface area contributed by atoms with E-state index < -0.39 is 0 Å². The number of hydrogen-bond donors (Lipinski definition) is 1. The number of hydrogen-bond acceptors (Lipinski definition) is 3. The van der Waals surface area contributed by atoms with Crippen LogP contribution in [0.15, 0.2) is 65.7 Å². The number of nitrogens with zero attached hydrogens (tertiary/aromatic N) is 3. The molecule has 1 aliphatic heterocycles. The average molecular weight is 409 g/mol. The van der Waals surface area contributed by atoms with Crippen LogP contribution in [0.2, 0.25) is 0 Å². The van der Waals surface area contributed by atoms with Gasteiger partial charge in [-0.25, -0.2) is 0 Å². The molecule has 2 aromatic rings. The standard InChI is InChI=1S/C25H36N4O/c1-26-25(27-15-9-16-28(2)18-22-10-5-3-6-11-22)29-17-14-24(19-29)21-30-20-23-12-7-4-8-13-23/h3-8,10-13,24H,9,14-21H2,1-2H3,(H,26,27). The van der Waals surface area contributed by atoms with Gasteiger partial charge in [0, 0.05) is 39.1 Å². The van der Waals surface area contributed by atoms with Crippen molar-refractivity contribution >= 4 is 5.96 Å². The van der Waals surface area contributed by atoms with Gasteiger partial charge in [-0.05, 0) is 37.6 Å². The Kier molecular flexibility index (Phi) is 9.19. The van der Waals surface area contributed by atoms with Crippen LogP contribution < -0.4 is 5.32 Å². The van der Waals surface area contributed by atoms with Crippen LogP contribution in [-0.2, 0) is 17.9 Å². The van der Waals surface area contributed by atoms with Gasteiger partial charge in [0.05, 0.1) is 13.2 Å². The molecule has 1 unspecified atom stereocenters. The van der Waals surface area contributed by atoms with E-state index in [9.17, 15) is 0 Å². The van der Waals surface area contributed by atoms with Gasteiger partial charge in [0.25, 0.3) is 0 Å². The molecule has 1 N–H and O–H groups in total. The summed E-state index contributed by atoms with van der Waals surface area (Å²) in [7, 11) is 4.06. The van der Waals surface area contributed by atoms with Crippen molar-refractivity contribution in [3.63, 3.8) is 0 Å². The first kappa shape index (κ1) is 22.3. The Balaban J connectivity index is 1.30. The van der Waals surface area contributed by atoms with Crippen molar-refractivity contribution in [2.75, 3.05) is 46.9 Å². The number of likely N-dealkylation sites (tertiary alicyclic amines) is 1. The minimum absolute atomic E-state index is 0.573. The molecule has 5 heteroatoms. The molecule has 30 heavy (non-hydrogen) atoms. The quantitative estimate of drug-likeness (QED) is 0.370. The summed E-state index contributed by atoms with van der Waals surface area (Å²) < 4.78 is 5.95. The van der Waals surface area contributed by atoms with Crippen molar-refractivity contribution in [3.05, 3.63) is 71.8 Å². The maximum Gasteiger partial charge on any atom is 0.193 e. The smallest absolute Gasteiger partial charge is 0.193 e. The van der Waals surface area contributed by atoms with Crippen LogP contribution >= 0.6 is 0 Å². The number of ether oxygens (including phenoxy) is 1. The van der Waals surface area contributed by atoms with Gasteiger partial charge in [0.15, 0.2) is 5.96 Å². The van der Waals surface area contributed by atoms with Gasteiger partial charge in [0.1, 0.15) is 0 Å². The summed E-state index contributed by atoms with van der Waals surface area (Å²) in [5.74, 6) is 1.59. The van der Waals surface area contributed by atoms with Gasteiger partial charge in [0.2, 0.25) is 0 Å². The first-order valence-corrected chi connectivity index (χ1v) is 11.0. The lowest BCUT2D eigenvalue weighted by atomic mass is 10.1. The molecular formula is C25H36N4O. The van der Waals surface area contributed by atoms with E-state index >= 15 is 0 Å². The number of benzene rings is 2. The predicted molar refractivity (Wildman–Crippen MR) is 125 cm³/mol. The second-order valence-corrected chi connectivity index (χ2v) is 8.15. The lowest BCUT2D eigenvalue weighted by molar-refractivity contribution is 0.0906. The molecule has 1 heterocycles. The summed E-state index contributed by atoms with van der Waals surface area (Å²) in [6, 6.07) is 21.0. The molecule has 0 amide bonds. The second-order valence-electron chi connectivity index (χ2n) is 8.15. The molecule has 0 saturated carbocycles. The lowest BCUT2D eigenvalue weighted by Gasteiger charge is -2.22. The van der Waals surface area contributed by atoms with E-state index in [2.05, 4.69) is 81.8 Å². The van der Waals surface area contributed by atoms with Crippen molar-refractivity contribution < 1.29 is 4.74 Å². The van der Waals surface area contributed by atoms with E-state index in [0.29, 0.717) is 12.5 Å². The van der Waals surface area contributed by atoms with Gasteiger partial charge in [-0.1, -0.05) is 60.7 Å². The summed E-state index contributed by atoms with van der Waals surface area (Å²) in [5.41, 5.74) is 2.60. The van der Waals surface area contributed by atoms with Gasteiger partial charge >= 0.3 is 0 Å². The zero-order valence-electron chi connectivity index (χ0n) is 18.5. The van der Waals surface area contributed by atoms with Crippen LogP contribution in [0.1, 0.15) is 24.0 Å². The molecule has 2 aromatic carbocycles. The van der Waals surface area contributed by atoms with E-state index in [1.54, 1.807) is 0 Å². The summed E-state index contributed by atoms with van der Waals surface area (Å²) in [6.07, 6.45) is 2.26. The highest BCUT2D eigenvalue weighted by Crippen LogP contribution is 2.17. The lowest BCUT2D eigenvalue weighted by Crippen LogP contribution is -2.41. The molecule has 0 bridgehead atoms. The van der Waals surface area contributed by atoms with Gasteiger partial charge < -0.3 is 19.9 Å². The number of guanidine groups is 1. The minimum Gasteiger partial charge on any atom is -0.376 e. The fourth-order valence-corrected chi connectivity index (χ4v) is 3.93. The Hall–Kier alpha value is -2.37. The molecule has 1 fully saturated rings. The van der Waals surface area contributed by atoms with Crippen molar-refractivity contribution in [2.24, 2.45) is 10.9 Å². The number of rotatable bonds is 10. The maximum absolute atomic E-state index is 5.95. The Labute approximate surface area is 181 Å². The third-order valence-corrected chi connectivity index (χ3v) is 5.56. The normalized spacial score (nSPS) is 17.0. The molecule has 1 saturated heterocycles. The zero-order valence-corrected chi connectivity index (χ0v) is 18.5. The molecule has 0 radical (unpaired) electrons. The van der Waals surface area contributed by atoms with E-state index in [0.717, 1.165) is 58.1 Å². The Morgan fingerprint density at radius 3 is 2.50 bits per heavy atom. The third-order valence-electron chi connectivity index (χ3n) is 5.56. The van der Waals surface area contributed by atoms with E-state index in [1.807, 2.05) is 13.1 Å². The third kappa shape index (κ3) is 7.47. The molecule has 5 nitrogen and oxygen atoms in total. The molecule has 1 atom stereocenters. The second kappa shape index (κ2) is 12.4. The molecule has 3 rings (SSSR count). The monoisotopic (exact) mass is 408 g/mol. The Bertz CT molecular complexity index is 750. The number of aliphatic imine (C=N–C) groups is 1. The van der Waals surface area contributed by atoms with Gasteiger partial charge in [-0.3, -0.25) is 4.99 Å². The van der Waals surface area contributed by atoms with Crippen LogP contribution in [0.3, 0.4) is 0 Å². The first-order chi connectivity index (χ1) is 14.7. The van der Waals surface area contributed by atoms with Crippen LogP contribution in [0, 0.1) is 5.92 Å². The molecule has 1 aliphatic rings. The van der Waals surface area contributed by atoms with Crippen LogP contribution in [-0.4, -0.2) is 62.6 Å². The largest absolute Gasteiger partial charge is 0.376 e. The molecule has 162 valence electrons. The topological polar surface area (TPSA) is 40.1 Å². The first-order valence-electron chi connectivity index (χ1n) is 11.0. The van der Waals surface area contributed by atoms with Crippen LogP contribution in [0.5, 0.6) is 0 Å². The van der Waals surface area contributed by atoms with Crippen molar-refractivity contribution in [1.82, 2.24) is 15.1 Å². The highest BCUT2D eigenvalue weighted by atomic mass is 16.5. The van der Waals surface area contributed by atoms with Crippen LogP contribution in [0.25, 0.3) is 0 Å². The summed E-state index contributed by atoms with van der Waals surface area (Å²) in [5, 5.41) is 3.54. The summed E-state index contributed by atoms with van der Waals surface area (Å²) >= 11 is 0. The summed E-state index contributed by atoms with van der Waals surface area (Å²) in [4.78, 5) is 9.23. The maximum atomic E-state index is 5.95. The van der Waals surface area contributed by atoms with E-state index in [1.165, 1.54) is 11.1 Å². The molecule has 0 aliphatic carbocycles. The SMILES string of the molecule is CN=C(NCCCN(C)Cc1ccccc1)N1CCC(COCc2ccccc2)C1. The Morgan fingerprint density at radius 1 is 1.10 bits per heavy atom. The van der Waals surface area contributed by atoms with Gasteiger partial charge in [-0.15, -0.1) is 0 Å². The zero-order chi connectivity index (χ0) is 21.0. The van der Waals surface area contributed by atoms with Crippen molar-refractivity contribution in [2.45, 2.75) is 26.0 Å². The Morgan fingerprint density at radius 2 is 1.80 bits per heavy atom. The summed E-state index contributed by atoms with van der Waals surface area (Å²) in [6.45, 7) is 6.57.